The Morgan fingerprint density at radius 1 is 1.13 bits per heavy atom. The van der Waals surface area contributed by atoms with E-state index in [9.17, 15) is 0 Å². The van der Waals surface area contributed by atoms with Crippen molar-refractivity contribution in [3.63, 3.8) is 0 Å². The SMILES string of the molecule is C1=CCC(c2ccc3nsnc3c2)C=C1. The number of rotatable bonds is 1. The fourth-order valence-electron chi connectivity index (χ4n) is 1.86. The zero-order chi connectivity index (χ0) is 10.1. The molecule has 1 aliphatic carbocycles. The summed E-state index contributed by atoms with van der Waals surface area (Å²) in [4.78, 5) is 0. The third-order valence-corrected chi connectivity index (χ3v) is 3.24. The molecule has 1 aromatic heterocycles. The van der Waals surface area contributed by atoms with Crippen LogP contribution < -0.4 is 0 Å². The molecule has 2 nitrogen and oxygen atoms in total. The number of hydrogen-bond acceptors (Lipinski definition) is 3. The Morgan fingerprint density at radius 2 is 2.07 bits per heavy atom. The maximum atomic E-state index is 4.26. The highest BCUT2D eigenvalue weighted by Gasteiger charge is 2.09. The van der Waals surface area contributed by atoms with Gasteiger partial charge in [-0.2, -0.15) is 8.75 Å². The van der Waals surface area contributed by atoms with Crippen LogP contribution in [0.2, 0.25) is 0 Å². The molecule has 3 heteroatoms. The van der Waals surface area contributed by atoms with Crippen molar-refractivity contribution in [2.24, 2.45) is 0 Å². The number of fused-ring (bicyclic) bond motifs is 1. The minimum Gasteiger partial charge on any atom is -0.173 e. The van der Waals surface area contributed by atoms with Gasteiger partial charge in [0.25, 0.3) is 0 Å². The molecule has 2 aromatic rings. The zero-order valence-electron chi connectivity index (χ0n) is 8.13. The Labute approximate surface area is 92.3 Å². The molecule has 1 aliphatic rings. The average molecular weight is 214 g/mol. The van der Waals surface area contributed by atoms with Gasteiger partial charge in [-0.25, -0.2) is 0 Å². The quantitative estimate of drug-likeness (QED) is 0.728. The normalized spacial score (nSPS) is 19.9. The third kappa shape index (κ3) is 1.59. The fraction of sp³-hybridized carbons (Fsp3) is 0.167. The maximum absolute atomic E-state index is 4.26. The molecule has 0 spiro atoms. The molecule has 0 aliphatic heterocycles. The Hall–Kier alpha value is -1.48. The van der Waals surface area contributed by atoms with Gasteiger partial charge in [-0.15, -0.1) is 0 Å². The smallest absolute Gasteiger partial charge is 0.105 e. The lowest BCUT2D eigenvalue weighted by molar-refractivity contribution is 0.855. The topological polar surface area (TPSA) is 25.8 Å². The van der Waals surface area contributed by atoms with Crippen molar-refractivity contribution in [2.45, 2.75) is 12.3 Å². The monoisotopic (exact) mass is 214 g/mol. The predicted octanol–water partition coefficient (Wildman–Crippen LogP) is 3.29. The molecule has 0 amide bonds. The Kier molecular flexibility index (Phi) is 2.10. The number of nitrogens with zero attached hydrogens (tertiary/aromatic N) is 2. The Balaban J connectivity index is 2.03. The first-order valence-electron chi connectivity index (χ1n) is 4.99. The highest BCUT2D eigenvalue weighted by atomic mass is 32.1. The molecule has 0 radical (unpaired) electrons. The number of aromatic nitrogens is 2. The van der Waals surface area contributed by atoms with Crippen LogP contribution in [0.25, 0.3) is 11.0 Å². The van der Waals surface area contributed by atoms with Crippen molar-refractivity contribution in [1.29, 1.82) is 0 Å². The molecular formula is C12H10N2S. The lowest BCUT2D eigenvalue weighted by Crippen LogP contribution is -1.95. The van der Waals surface area contributed by atoms with Gasteiger partial charge in [0.15, 0.2) is 0 Å². The van der Waals surface area contributed by atoms with Gasteiger partial charge in [0.2, 0.25) is 0 Å². The fourth-order valence-corrected chi connectivity index (χ4v) is 2.37. The highest BCUT2D eigenvalue weighted by Crippen LogP contribution is 2.26. The van der Waals surface area contributed by atoms with Crippen LogP contribution in [0, 0.1) is 0 Å². The molecular weight excluding hydrogens is 204 g/mol. The minimum absolute atomic E-state index is 0.501. The largest absolute Gasteiger partial charge is 0.173 e. The van der Waals surface area contributed by atoms with Gasteiger partial charge in [0.05, 0.1) is 11.7 Å². The highest BCUT2D eigenvalue weighted by molar-refractivity contribution is 7.00. The van der Waals surface area contributed by atoms with Crippen molar-refractivity contribution in [2.75, 3.05) is 0 Å². The van der Waals surface area contributed by atoms with Gasteiger partial charge in [0, 0.05) is 5.92 Å². The van der Waals surface area contributed by atoms with E-state index in [1.54, 1.807) is 0 Å². The van der Waals surface area contributed by atoms with E-state index in [1.165, 1.54) is 17.3 Å². The molecule has 1 unspecified atom stereocenters. The molecule has 0 bridgehead atoms. The zero-order valence-corrected chi connectivity index (χ0v) is 8.95. The molecule has 74 valence electrons. The molecule has 1 atom stereocenters. The first-order chi connectivity index (χ1) is 7.43. The molecule has 3 rings (SSSR count). The van der Waals surface area contributed by atoms with E-state index in [4.69, 9.17) is 0 Å². The van der Waals surface area contributed by atoms with E-state index in [-0.39, 0.29) is 0 Å². The summed E-state index contributed by atoms with van der Waals surface area (Å²) in [6, 6.07) is 6.35. The van der Waals surface area contributed by atoms with Crippen molar-refractivity contribution in [3.05, 3.63) is 48.1 Å². The maximum Gasteiger partial charge on any atom is 0.105 e. The summed E-state index contributed by atoms with van der Waals surface area (Å²) in [6.07, 6.45) is 9.73. The van der Waals surface area contributed by atoms with Gasteiger partial charge < -0.3 is 0 Å². The van der Waals surface area contributed by atoms with Crippen LogP contribution >= 0.6 is 11.7 Å². The van der Waals surface area contributed by atoms with Crippen molar-refractivity contribution in [1.82, 2.24) is 8.75 Å². The van der Waals surface area contributed by atoms with E-state index in [0.717, 1.165) is 17.5 Å². The second kappa shape index (κ2) is 3.59. The van der Waals surface area contributed by atoms with Crippen LogP contribution in [0.15, 0.2) is 42.5 Å². The van der Waals surface area contributed by atoms with Gasteiger partial charge in [0.1, 0.15) is 11.0 Å². The molecule has 0 saturated carbocycles. The van der Waals surface area contributed by atoms with Crippen molar-refractivity contribution < 1.29 is 0 Å². The minimum atomic E-state index is 0.501. The van der Waals surface area contributed by atoms with E-state index in [0.29, 0.717) is 5.92 Å². The average Bonchev–Trinajstić information content (AvgIpc) is 2.77. The Bertz CT molecular complexity index is 539. The molecule has 0 N–H and O–H groups in total. The molecule has 0 fully saturated rings. The summed E-state index contributed by atoms with van der Waals surface area (Å²) in [5.74, 6) is 0.501. The molecule has 0 saturated heterocycles. The summed E-state index contributed by atoms with van der Waals surface area (Å²) in [6.45, 7) is 0. The molecule has 1 heterocycles. The molecule has 1 aromatic carbocycles. The lowest BCUT2D eigenvalue weighted by atomic mass is 9.92. The number of hydrogen-bond donors (Lipinski definition) is 0. The second-order valence-corrected chi connectivity index (χ2v) is 4.20. The second-order valence-electron chi connectivity index (χ2n) is 3.67. The van der Waals surface area contributed by atoms with Crippen LogP contribution in [0.1, 0.15) is 17.9 Å². The third-order valence-electron chi connectivity index (χ3n) is 2.69. The van der Waals surface area contributed by atoms with E-state index < -0.39 is 0 Å². The summed E-state index contributed by atoms with van der Waals surface area (Å²) in [5.41, 5.74) is 3.34. The first-order valence-corrected chi connectivity index (χ1v) is 5.72. The number of allylic oxidation sites excluding steroid dienone is 4. The van der Waals surface area contributed by atoms with Gasteiger partial charge in [-0.05, 0) is 24.1 Å². The number of benzene rings is 1. The van der Waals surface area contributed by atoms with Gasteiger partial charge in [-0.1, -0.05) is 30.4 Å². The van der Waals surface area contributed by atoms with Crippen LogP contribution in [-0.4, -0.2) is 8.75 Å². The standard InChI is InChI=1S/C12H10N2S/c1-2-4-9(5-3-1)10-6-7-11-12(8-10)14-15-13-11/h1-4,6-9H,5H2. The predicted molar refractivity (Wildman–Crippen MR) is 63.1 cm³/mol. The van der Waals surface area contributed by atoms with E-state index in [1.807, 2.05) is 0 Å². The Morgan fingerprint density at radius 3 is 2.93 bits per heavy atom. The van der Waals surface area contributed by atoms with E-state index >= 15 is 0 Å². The van der Waals surface area contributed by atoms with Gasteiger partial charge >= 0.3 is 0 Å². The van der Waals surface area contributed by atoms with Crippen molar-refractivity contribution >= 4 is 22.8 Å². The van der Waals surface area contributed by atoms with Gasteiger partial charge in [-0.3, -0.25) is 0 Å². The summed E-state index contributed by atoms with van der Waals surface area (Å²) in [7, 11) is 0. The first kappa shape index (κ1) is 8.80. The summed E-state index contributed by atoms with van der Waals surface area (Å²) < 4.78 is 8.47. The lowest BCUT2D eigenvalue weighted by Gasteiger charge is -2.12. The van der Waals surface area contributed by atoms with Crippen LogP contribution in [0.3, 0.4) is 0 Å². The van der Waals surface area contributed by atoms with Crippen LogP contribution in [0.5, 0.6) is 0 Å². The van der Waals surface area contributed by atoms with Crippen LogP contribution in [0.4, 0.5) is 0 Å². The summed E-state index contributed by atoms with van der Waals surface area (Å²) >= 11 is 1.28. The van der Waals surface area contributed by atoms with Crippen molar-refractivity contribution in [3.8, 4) is 0 Å². The summed E-state index contributed by atoms with van der Waals surface area (Å²) in [5, 5.41) is 0. The van der Waals surface area contributed by atoms with Crippen LogP contribution in [-0.2, 0) is 0 Å². The molecule has 15 heavy (non-hydrogen) atoms. The van der Waals surface area contributed by atoms with E-state index in [2.05, 4.69) is 51.3 Å².